The number of hydrogen-bond donors (Lipinski definition) is 2. The van der Waals surface area contributed by atoms with Gasteiger partial charge in [0, 0.05) is 30.9 Å². The summed E-state index contributed by atoms with van der Waals surface area (Å²) in [4.78, 5) is 18.8. The molecule has 0 radical (unpaired) electrons. The lowest BCUT2D eigenvalue weighted by atomic mass is 10.0. The van der Waals surface area contributed by atoms with E-state index in [1.807, 2.05) is 27.1 Å². The molecule has 112 valence electrons. The van der Waals surface area contributed by atoms with Crippen LogP contribution in [0.15, 0.2) is 12.1 Å². The molecule has 1 atom stereocenters. The Kier molecular flexibility index (Phi) is 5.95. The van der Waals surface area contributed by atoms with Crippen LogP contribution in [0.4, 0.5) is 5.82 Å². The molecule has 0 fully saturated rings. The van der Waals surface area contributed by atoms with Crippen molar-refractivity contribution in [1.82, 2.24) is 15.2 Å². The summed E-state index contributed by atoms with van der Waals surface area (Å²) < 4.78 is 0. The van der Waals surface area contributed by atoms with E-state index in [4.69, 9.17) is 0 Å². The van der Waals surface area contributed by atoms with Gasteiger partial charge in [0.25, 0.3) is 5.91 Å². The zero-order valence-electron chi connectivity index (χ0n) is 13.3. The van der Waals surface area contributed by atoms with Gasteiger partial charge in [-0.3, -0.25) is 4.79 Å². The number of carbonyl (C=O) groups excluding carboxylic acids is 1. The van der Waals surface area contributed by atoms with Crippen molar-refractivity contribution in [3.63, 3.8) is 0 Å². The maximum atomic E-state index is 12.4. The Bertz CT molecular complexity index is 457. The summed E-state index contributed by atoms with van der Waals surface area (Å²) >= 11 is 0. The topological polar surface area (TPSA) is 57.3 Å². The van der Waals surface area contributed by atoms with Crippen molar-refractivity contribution in [2.24, 2.45) is 5.92 Å². The standard InChI is InChI=1S/C15H26N4O/c1-10(2)13(9-19(5)6)18-15(20)12-7-11(3)17-14(8-12)16-4/h7-8,10,13H,9H2,1-6H3,(H,16,17)(H,18,20). The van der Waals surface area contributed by atoms with Gasteiger partial charge in [0.15, 0.2) is 0 Å². The summed E-state index contributed by atoms with van der Waals surface area (Å²) in [5.74, 6) is 1.05. The number of nitrogens with zero attached hydrogens (tertiary/aromatic N) is 2. The van der Waals surface area contributed by atoms with Crippen LogP contribution in [0.3, 0.4) is 0 Å². The lowest BCUT2D eigenvalue weighted by molar-refractivity contribution is 0.0916. The van der Waals surface area contributed by atoms with Crippen molar-refractivity contribution in [2.75, 3.05) is 33.0 Å². The average Bonchev–Trinajstić information content (AvgIpc) is 2.36. The normalized spacial score (nSPS) is 12.6. The maximum Gasteiger partial charge on any atom is 0.251 e. The molecule has 0 saturated heterocycles. The highest BCUT2D eigenvalue weighted by atomic mass is 16.1. The van der Waals surface area contributed by atoms with Crippen LogP contribution in [0.1, 0.15) is 29.9 Å². The molecule has 0 bridgehead atoms. The SMILES string of the molecule is CNc1cc(C(=O)NC(CN(C)C)C(C)C)cc(C)n1. The van der Waals surface area contributed by atoms with Gasteiger partial charge in [-0.05, 0) is 39.1 Å². The minimum atomic E-state index is -0.0486. The highest BCUT2D eigenvalue weighted by molar-refractivity contribution is 5.95. The molecule has 5 heteroatoms. The summed E-state index contributed by atoms with van der Waals surface area (Å²) in [6.45, 7) is 6.94. The van der Waals surface area contributed by atoms with Crippen LogP contribution in [0.2, 0.25) is 0 Å². The van der Waals surface area contributed by atoms with Gasteiger partial charge in [-0.15, -0.1) is 0 Å². The fraction of sp³-hybridized carbons (Fsp3) is 0.600. The second-order valence-corrected chi connectivity index (χ2v) is 5.72. The Balaban J connectivity index is 2.85. The third-order valence-electron chi connectivity index (χ3n) is 3.15. The average molecular weight is 278 g/mol. The molecule has 0 spiro atoms. The monoisotopic (exact) mass is 278 g/mol. The van der Waals surface area contributed by atoms with Gasteiger partial charge in [0.05, 0.1) is 0 Å². The highest BCUT2D eigenvalue weighted by Gasteiger charge is 2.18. The number of aryl methyl sites for hydroxylation is 1. The zero-order chi connectivity index (χ0) is 15.3. The van der Waals surface area contributed by atoms with E-state index in [9.17, 15) is 4.79 Å². The molecule has 5 nitrogen and oxygen atoms in total. The molecule has 1 aromatic heterocycles. The van der Waals surface area contributed by atoms with E-state index in [1.165, 1.54) is 0 Å². The molecular formula is C15H26N4O. The van der Waals surface area contributed by atoms with Crippen LogP contribution in [-0.4, -0.2) is 49.5 Å². The van der Waals surface area contributed by atoms with Gasteiger partial charge < -0.3 is 15.5 Å². The van der Waals surface area contributed by atoms with Crippen molar-refractivity contribution >= 4 is 11.7 Å². The first-order valence-corrected chi connectivity index (χ1v) is 6.95. The molecule has 0 aliphatic rings. The van der Waals surface area contributed by atoms with E-state index < -0.39 is 0 Å². The molecule has 0 aliphatic carbocycles. The molecule has 1 unspecified atom stereocenters. The van der Waals surface area contributed by atoms with E-state index >= 15 is 0 Å². The Hall–Kier alpha value is -1.62. The molecule has 0 aromatic carbocycles. The quantitative estimate of drug-likeness (QED) is 0.832. The molecular weight excluding hydrogens is 252 g/mol. The van der Waals surface area contributed by atoms with E-state index in [1.54, 1.807) is 13.1 Å². The van der Waals surface area contributed by atoms with Crippen molar-refractivity contribution in [3.05, 3.63) is 23.4 Å². The first-order valence-electron chi connectivity index (χ1n) is 6.95. The molecule has 1 aromatic rings. The lowest BCUT2D eigenvalue weighted by Gasteiger charge is -2.25. The summed E-state index contributed by atoms with van der Waals surface area (Å²) in [5, 5.41) is 6.08. The number of pyridine rings is 1. The van der Waals surface area contributed by atoms with Crippen LogP contribution in [0.5, 0.6) is 0 Å². The van der Waals surface area contributed by atoms with Crippen molar-refractivity contribution in [1.29, 1.82) is 0 Å². The van der Waals surface area contributed by atoms with Gasteiger partial charge in [-0.2, -0.15) is 0 Å². The predicted molar refractivity (Wildman–Crippen MR) is 83.2 cm³/mol. The minimum Gasteiger partial charge on any atom is -0.373 e. The fourth-order valence-electron chi connectivity index (χ4n) is 2.00. The summed E-state index contributed by atoms with van der Waals surface area (Å²) in [6.07, 6.45) is 0. The van der Waals surface area contributed by atoms with E-state index in [2.05, 4.69) is 34.4 Å². The molecule has 20 heavy (non-hydrogen) atoms. The van der Waals surface area contributed by atoms with Gasteiger partial charge in [-0.25, -0.2) is 4.98 Å². The maximum absolute atomic E-state index is 12.4. The molecule has 0 aliphatic heterocycles. The third-order valence-corrected chi connectivity index (χ3v) is 3.15. The summed E-state index contributed by atoms with van der Waals surface area (Å²) in [5.41, 5.74) is 1.47. The second kappa shape index (κ2) is 7.24. The number of hydrogen-bond acceptors (Lipinski definition) is 4. The molecule has 2 N–H and O–H groups in total. The summed E-state index contributed by atoms with van der Waals surface area (Å²) in [7, 11) is 5.82. The zero-order valence-corrected chi connectivity index (χ0v) is 13.3. The lowest BCUT2D eigenvalue weighted by Crippen LogP contribution is -2.45. The highest BCUT2D eigenvalue weighted by Crippen LogP contribution is 2.11. The molecule has 1 heterocycles. The number of carbonyl (C=O) groups is 1. The van der Waals surface area contributed by atoms with E-state index in [0.29, 0.717) is 17.3 Å². The first-order chi connectivity index (χ1) is 9.33. The van der Waals surface area contributed by atoms with Crippen molar-refractivity contribution in [2.45, 2.75) is 26.8 Å². The van der Waals surface area contributed by atoms with Crippen LogP contribution in [0.25, 0.3) is 0 Å². The van der Waals surface area contributed by atoms with Crippen LogP contribution < -0.4 is 10.6 Å². The first kappa shape index (κ1) is 16.4. The van der Waals surface area contributed by atoms with Crippen LogP contribution >= 0.6 is 0 Å². The van der Waals surface area contributed by atoms with Crippen molar-refractivity contribution < 1.29 is 4.79 Å². The molecule has 1 rings (SSSR count). The van der Waals surface area contributed by atoms with E-state index in [-0.39, 0.29) is 11.9 Å². The number of nitrogens with one attached hydrogen (secondary N) is 2. The largest absolute Gasteiger partial charge is 0.373 e. The smallest absolute Gasteiger partial charge is 0.251 e. The second-order valence-electron chi connectivity index (χ2n) is 5.72. The Morgan fingerprint density at radius 3 is 2.50 bits per heavy atom. The van der Waals surface area contributed by atoms with Gasteiger partial charge in [0.1, 0.15) is 5.82 Å². The predicted octanol–water partition coefficient (Wildman–Crippen LogP) is 1.75. The number of amides is 1. The Morgan fingerprint density at radius 1 is 1.35 bits per heavy atom. The Labute approximate surface area is 121 Å². The van der Waals surface area contributed by atoms with Gasteiger partial charge in [0.2, 0.25) is 0 Å². The number of anilines is 1. The summed E-state index contributed by atoms with van der Waals surface area (Å²) in [6, 6.07) is 3.71. The minimum absolute atomic E-state index is 0.0486. The van der Waals surface area contributed by atoms with E-state index in [0.717, 1.165) is 12.2 Å². The van der Waals surface area contributed by atoms with Gasteiger partial charge in [-0.1, -0.05) is 13.8 Å². The Morgan fingerprint density at radius 2 is 2.00 bits per heavy atom. The van der Waals surface area contributed by atoms with Crippen LogP contribution in [0, 0.1) is 12.8 Å². The van der Waals surface area contributed by atoms with Gasteiger partial charge >= 0.3 is 0 Å². The van der Waals surface area contributed by atoms with Crippen LogP contribution in [-0.2, 0) is 0 Å². The fourth-order valence-corrected chi connectivity index (χ4v) is 2.00. The third kappa shape index (κ3) is 4.81. The number of rotatable bonds is 6. The molecule has 1 amide bonds. The van der Waals surface area contributed by atoms with Crippen molar-refractivity contribution in [3.8, 4) is 0 Å². The molecule has 0 saturated carbocycles. The number of aromatic nitrogens is 1. The number of likely N-dealkylation sites (N-methyl/N-ethyl adjacent to an activating group) is 1.